The lowest BCUT2D eigenvalue weighted by Crippen LogP contribution is -2.29. The van der Waals surface area contributed by atoms with Crippen LogP contribution in [0.15, 0.2) is 30.3 Å². The van der Waals surface area contributed by atoms with Crippen LogP contribution in [0.5, 0.6) is 0 Å². The maximum atomic E-state index is 11.0. The van der Waals surface area contributed by atoms with E-state index in [4.69, 9.17) is 9.29 Å². The molecule has 0 heterocycles. The highest BCUT2D eigenvalue weighted by atomic mass is 32.2. The third-order valence-electron chi connectivity index (χ3n) is 1.61. The van der Waals surface area contributed by atoms with Gasteiger partial charge >= 0.3 is 6.09 Å². The molecule has 0 fully saturated rings. The summed E-state index contributed by atoms with van der Waals surface area (Å²) in [5.41, 5.74) is 0.782. The highest BCUT2D eigenvalue weighted by molar-refractivity contribution is 7.85. The van der Waals surface area contributed by atoms with Crippen LogP contribution >= 0.6 is 0 Å². The van der Waals surface area contributed by atoms with Crippen molar-refractivity contribution in [2.24, 2.45) is 0 Å². The summed E-state index contributed by atoms with van der Waals surface area (Å²) >= 11 is 0. The second-order valence-electron chi connectivity index (χ2n) is 2.96. The molecule has 1 aromatic rings. The monoisotopic (exact) mass is 245 g/mol. The molecule has 88 valence electrons. The molecule has 0 aliphatic carbocycles. The van der Waals surface area contributed by atoms with Crippen LogP contribution < -0.4 is 5.32 Å². The first kappa shape index (κ1) is 12.5. The fraction of sp³-hybridized carbons (Fsp3) is 0.222. The minimum absolute atomic E-state index is 0.0398. The van der Waals surface area contributed by atoms with Crippen LogP contribution in [0.4, 0.5) is 4.79 Å². The van der Waals surface area contributed by atoms with E-state index in [1.54, 1.807) is 24.3 Å². The van der Waals surface area contributed by atoms with E-state index in [0.717, 1.165) is 5.56 Å². The highest BCUT2D eigenvalue weighted by Gasteiger charge is 2.08. The Morgan fingerprint density at radius 2 is 1.94 bits per heavy atom. The molecule has 0 aliphatic heterocycles. The lowest BCUT2D eigenvalue weighted by Gasteiger charge is -2.05. The van der Waals surface area contributed by atoms with Gasteiger partial charge in [0.05, 0.1) is 0 Å². The molecule has 0 unspecified atom stereocenters. The van der Waals surface area contributed by atoms with Crippen molar-refractivity contribution in [3.05, 3.63) is 35.9 Å². The van der Waals surface area contributed by atoms with E-state index in [1.165, 1.54) is 0 Å². The number of hydrogen-bond acceptors (Lipinski definition) is 4. The molecular formula is C9H11NO5S. The van der Waals surface area contributed by atoms with Crippen LogP contribution in [0.3, 0.4) is 0 Å². The van der Waals surface area contributed by atoms with Gasteiger partial charge < -0.3 is 10.1 Å². The smallest absolute Gasteiger partial charge is 0.408 e. The SMILES string of the molecule is O=C(NCS(=O)(=O)O)OCc1ccccc1. The van der Waals surface area contributed by atoms with Gasteiger partial charge in [-0.15, -0.1) is 0 Å². The number of carbonyl (C=O) groups is 1. The lowest BCUT2D eigenvalue weighted by atomic mass is 10.2. The van der Waals surface area contributed by atoms with Crippen LogP contribution in [0, 0.1) is 0 Å². The second-order valence-corrected chi connectivity index (χ2v) is 4.42. The van der Waals surface area contributed by atoms with Crippen molar-refractivity contribution in [3.8, 4) is 0 Å². The third kappa shape index (κ3) is 5.32. The first-order chi connectivity index (χ1) is 7.47. The van der Waals surface area contributed by atoms with Crippen molar-refractivity contribution in [2.75, 3.05) is 5.88 Å². The van der Waals surface area contributed by atoms with Gasteiger partial charge in [0.15, 0.2) is 0 Å². The van der Waals surface area contributed by atoms with E-state index < -0.39 is 22.1 Å². The Morgan fingerprint density at radius 1 is 1.31 bits per heavy atom. The minimum Gasteiger partial charge on any atom is -0.445 e. The van der Waals surface area contributed by atoms with Gasteiger partial charge in [0, 0.05) is 0 Å². The summed E-state index contributed by atoms with van der Waals surface area (Å²) in [5.74, 6) is -0.860. The van der Waals surface area contributed by atoms with Gasteiger partial charge in [-0.3, -0.25) is 4.55 Å². The van der Waals surface area contributed by atoms with Crippen molar-refractivity contribution in [3.63, 3.8) is 0 Å². The maximum Gasteiger partial charge on any atom is 0.408 e. The number of alkyl carbamates (subject to hydrolysis) is 1. The number of hydrogen-bond donors (Lipinski definition) is 2. The molecule has 0 spiro atoms. The molecule has 16 heavy (non-hydrogen) atoms. The Balaban J connectivity index is 2.31. The minimum atomic E-state index is -4.21. The average Bonchev–Trinajstić information content (AvgIpc) is 2.24. The fourth-order valence-electron chi connectivity index (χ4n) is 0.924. The Labute approximate surface area is 93.0 Å². The summed E-state index contributed by atoms with van der Waals surface area (Å²) in [7, 11) is -4.21. The summed E-state index contributed by atoms with van der Waals surface area (Å²) in [6.07, 6.45) is -0.901. The molecule has 0 radical (unpaired) electrons. The summed E-state index contributed by atoms with van der Waals surface area (Å²) in [6, 6.07) is 8.91. The zero-order valence-electron chi connectivity index (χ0n) is 8.29. The van der Waals surface area contributed by atoms with E-state index in [2.05, 4.69) is 0 Å². The Morgan fingerprint density at radius 3 is 2.50 bits per heavy atom. The Kier molecular flexibility index (Phi) is 4.27. The normalized spacial score (nSPS) is 10.8. The van der Waals surface area contributed by atoms with Gasteiger partial charge in [0.2, 0.25) is 0 Å². The predicted octanol–water partition coefficient (Wildman–Crippen LogP) is 0.758. The number of ether oxygens (including phenoxy) is 1. The standard InChI is InChI=1S/C9H11NO5S/c11-9(10-7-16(12,13)14)15-6-8-4-2-1-3-5-8/h1-5H,6-7H2,(H,10,11)(H,12,13,14). The van der Waals surface area contributed by atoms with E-state index >= 15 is 0 Å². The van der Waals surface area contributed by atoms with E-state index in [1.807, 2.05) is 11.4 Å². The van der Waals surface area contributed by atoms with Gasteiger partial charge in [0.1, 0.15) is 12.5 Å². The first-order valence-corrected chi connectivity index (χ1v) is 5.98. The molecule has 0 saturated heterocycles. The molecule has 1 aromatic carbocycles. The summed E-state index contributed by atoms with van der Waals surface area (Å²) in [6.45, 7) is 0.0398. The molecule has 2 N–H and O–H groups in total. The predicted molar refractivity (Wildman–Crippen MR) is 56.2 cm³/mol. The van der Waals surface area contributed by atoms with Gasteiger partial charge in [-0.05, 0) is 5.56 Å². The highest BCUT2D eigenvalue weighted by Crippen LogP contribution is 2.00. The quantitative estimate of drug-likeness (QED) is 0.764. The van der Waals surface area contributed by atoms with Crippen LogP contribution in [0.2, 0.25) is 0 Å². The first-order valence-electron chi connectivity index (χ1n) is 4.37. The van der Waals surface area contributed by atoms with Crippen molar-refractivity contribution < 1.29 is 22.5 Å². The molecule has 6 nitrogen and oxygen atoms in total. The van der Waals surface area contributed by atoms with Gasteiger partial charge in [-0.25, -0.2) is 4.79 Å². The van der Waals surface area contributed by atoms with Crippen LogP contribution in [0.1, 0.15) is 5.56 Å². The zero-order valence-corrected chi connectivity index (χ0v) is 9.11. The number of rotatable bonds is 4. The van der Waals surface area contributed by atoms with Crippen molar-refractivity contribution in [1.82, 2.24) is 5.32 Å². The average molecular weight is 245 g/mol. The van der Waals surface area contributed by atoms with E-state index in [9.17, 15) is 13.2 Å². The number of nitrogens with one attached hydrogen (secondary N) is 1. The number of carbonyl (C=O) groups excluding carboxylic acids is 1. The molecule has 1 rings (SSSR count). The largest absolute Gasteiger partial charge is 0.445 e. The Hall–Kier alpha value is -1.60. The molecular weight excluding hydrogens is 234 g/mol. The molecule has 0 saturated carbocycles. The molecule has 7 heteroatoms. The van der Waals surface area contributed by atoms with Gasteiger partial charge in [0.25, 0.3) is 10.1 Å². The Bertz CT molecular complexity index is 442. The molecule has 0 atom stereocenters. The topological polar surface area (TPSA) is 92.7 Å². The van der Waals surface area contributed by atoms with E-state index in [0.29, 0.717) is 0 Å². The van der Waals surface area contributed by atoms with Crippen LogP contribution in [0.25, 0.3) is 0 Å². The maximum absolute atomic E-state index is 11.0. The van der Waals surface area contributed by atoms with Gasteiger partial charge in [-0.1, -0.05) is 30.3 Å². The van der Waals surface area contributed by atoms with Crippen LogP contribution in [-0.4, -0.2) is 24.9 Å². The summed E-state index contributed by atoms with van der Waals surface area (Å²) in [4.78, 5) is 11.0. The number of benzene rings is 1. The molecule has 0 aliphatic rings. The van der Waals surface area contributed by atoms with Crippen LogP contribution in [-0.2, 0) is 21.5 Å². The zero-order chi connectivity index (χ0) is 12.0. The molecule has 1 amide bonds. The lowest BCUT2D eigenvalue weighted by molar-refractivity contribution is 0.141. The third-order valence-corrected chi connectivity index (χ3v) is 2.12. The number of amides is 1. The molecule has 0 aromatic heterocycles. The molecule has 0 bridgehead atoms. The van der Waals surface area contributed by atoms with E-state index in [-0.39, 0.29) is 6.61 Å². The van der Waals surface area contributed by atoms with Crippen molar-refractivity contribution >= 4 is 16.2 Å². The summed E-state index contributed by atoms with van der Waals surface area (Å²) < 4.78 is 33.6. The van der Waals surface area contributed by atoms with Crippen molar-refractivity contribution in [2.45, 2.75) is 6.61 Å². The second kappa shape index (κ2) is 5.47. The summed E-state index contributed by atoms with van der Waals surface area (Å²) in [5, 5.41) is 1.89. The fourth-order valence-corrected chi connectivity index (χ4v) is 1.22. The van der Waals surface area contributed by atoms with Crippen molar-refractivity contribution in [1.29, 1.82) is 0 Å². The van der Waals surface area contributed by atoms with Gasteiger partial charge in [-0.2, -0.15) is 8.42 Å².